The van der Waals surface area contributed by atoms with E-state index in [2.05, 4.69) is 57.2 Å². The Morgan fingerprint density at radius 1 is 1.24 bits per heavy atom. The Balaban J connectivity index is 0.00000121. The van der Waals surface area contributed by atoms with Gasteiger partial charge in [-0.2, -0.15) is 0 Å². The predicted molar refractivity (Wildman–Crippen MR) is 77.3 cm³/mol. The van der Waals surface area contributed by atoms with E-state index in [1.54, 1.807) is 7.11 Å². The van der Waals surface area contributed by atoms with Crippen molar-refractivity contribution < 1.29 is 4.74 Å². The summed E-state index contributed by atoms with van der Waals surface area (Å²) >= 11 is 0. The number of rotatable bonds is 4. The molecule has 1 heteroatoms. The molecule has 96 valence electrons. The number of methoxy groups -OCH3 is 1. The van der Waals surface area contributed by atoms with Crippen LogP contribution in [0.2, 0.25) is 0 Å². The Kier molecular flexibility index (Phi) is 7.56. The van der Waals surface area contributed by atoms with E-state index < -0.39 is 0 Å². The first-order valence-electron chi connectivity index (χ1n) is 6.32. The lowest BCUT2D eigenvalue weighted by molar-refractivity contribution is 0.0256. The van der Waals surface area contributed by atoms with Gasteiger partial charge in [-0.15, -0.1) is 0 Å². The Morgan fingerprint density at radius 2 is 1.88 bits per heavy atom. The van der Waals surface area contributed by atoms with Crippen molar-refractivity contribution in [1.29, 1.82) is 0 Å². The summed E-state index contributed by atoms with van der Waals surface area (Å²) in [6.45, 7) is 10.3. The highest BCUT2D eigenvalue weighted by Gasteiger charge is 2.12. The molecule has 0 aliphatic heterocycles. The van der Waals surface area contributed by atoms with Crippen LogP contribution in [0.5, 0.6) is 0 Å². The van der Waals surface area contributed by atoms with E-state index in [0.29, 0.717) is 0 Å². The highest BCUT2D eigenvalue weighted by atomic mass is 16.5. The van der Waals surface area contributed by atoms with Gasteiger partial charge in [-0.25, -0.2) is 0 Å². The van der Waals surface area contributed by atoms with Gasteiger partial charge in [-0.1, -0.05) is 55.8 Å². The lowest BCUT2D eigenvalue weighted by Gasteiger charge is -2.20. The fourth-order valence-electron chi connectivity index (χ4n) is 1.34. The molecular formula is C16H26O. The monoisotopic (exact) mass is 234 g/mol. The lowest BCUT2D eigenvalue weighted by Crippen LogP contribution is -2.20. The lowest BCUT2D eigenvalue weighted by atomic mass is 10.0. The van der Waals surface area contributed by atoms with E-state index in [-0.39, 0.29) is 5.60 Å². The smallest absolute Gasteiger partial charge is 0.0657 e. The quantitative estimate of drug-likeness (QED) is 0.723. The SMILES string of the molecule is CC.COC(C)(C)C/C=C/c1cccc(C)c1. The van der Waals surface area contributed by atoms with Crippen LogP contribution < -0.4 is 0 Å². The molecule has 0 unspecified atom stereocenters. The third-order valence-electron chi connectivity index (χ3n) is 2.51. The molecule has 0 saturated heterocycles. The van der Waals surface area contributed by atoms with Crippen molar-refractivity contribution in [3.8, 4) is 0 Å². The topological polar surface area (TPSA) is 9.23 Å². The van der Waals surface area contributed by atoms with Crippen LogP contribution >= 0.6 is 0 Å². The Bertz CT molecular complexity index is 337. The summed E-state index contributed by atoms with van der Waals surface area (Å²) in [7, 11) is 1.75. The standard InChI is InChI=1S/C14H20O.C2H6/c1-12-7-5-8-13(11-12)9-6-10-14(2,3)15-4;1-2/h5-9,11H,10H2,1-4H3;1-2H3/b9-6+;. The molecule has 0 atom stereocenters. The molecule has 0 bridgehead atoms. The Labute approximate surface area is 107 Å². The van der Waals surface area contributed by atoms with Crippen LogP contribution in [0.15, 0.2) is 30.3 Å². The molecule has 0 heterocycles. The first kappa shape index (κ1) is 15.9. The van der Waals surface area contributed by atoms with Gasteiger partial charge in [-0.3, -0.25) is 0 Å². The molecular weight excluding hydrogens is 208 g/mol. The maximum Gasteiger partial charge on any atom is 0.0657 e. The van der Waals surface area contributed by atoms with Gasteiger partial charge in [0.2, 0.25) is 0 Å². The van der Waals surface area contributed by atoms with Crippen molar-refractivity contribution in [2.45, 2.75) is 46.6 Å². The number of ether oxygens (including phenoxy) is 1. The van der Waals surface area contributed by atoms with E-state index in [4.69, 9.17) is 4.74 Å². The van der Waals surface area contributed by atoms with Gasteiger partial charge in [-0.05, 0) is 32.8 Å². The Hall–Kier alpha value is -1.08. The van der Waals surface area contributed by atoms with Crippen LogP contribution in [0.4, 0.5) is 0 Å². The van der Waals surface area contributed by atoms with Crippen molar-refractivity contribution in [1.82, 2.24) is 0 Å². The minimum atomic E-state index is -0.0691. The molecule has 0 radical (unpaired) electrons. The summed E-state index contributed by atoms with van der Waals surface area (Å²) in [6.07, 6.45) is 5.24. The van der Waals surface area contributed by atoms with E-state index in [1.807, 2.05) is 13.8 Å². The number of benzene rings is 1. The van der Waals surface area contributed by atoms with Crippen LogP contribution in [0.3, 0.4) is 0 Å². The molecule has 1 rings (SSSR count). The predicted octanol–water partition coefficient (Wildman–Crippen LogP) is 4.85. The second-order valence-corrected chi connectivity index (χ2v) is 4.48. The maximum absolute atomic E-state index is 5.35. The van der Waals surface area contributed by atoms with Crippen molar-refractivity contribution in [3.05, 3.63) is 41.5 Å². The summed E-state index contributed by atoms with van der Waals surface area (Å²) < 4.78 is 5.35. The van der Waals surface area contributed by atoms with Crippen molar-refractivity contribution >= 4 is 6.08 Å². The first-order chi connectivity index (χ1) is 8.03. The largest absolute Gasteiger partial charge is 0.378 e. The molecule has 0 fully saturated rings. The maximum atomic E-state index is 5.35. The van der Waals surface area contributed by atoms with Gasteiger partial charge in [0, 0.05) is 7.11 Å². The molecule has 0 aromatic heterocycles. The summed E-state index contributed by atoms with van der Waals surface area (Å²) in [4.78, 5) is 0. The zero-order valence-electron chi connectivity index (χ0n) is 12.1. The van der Waals surface area contributed by atoms with Gasteiger partial charge in [0.15, 0.2) is 0 Å². The first-order valence-corrected chi connectivity index (χ1v) is 6.32. The molecule has 1 nitrogen and oxygen atoms in total. The normalized spacial score (nSPS) is 11.2. The fraction of sp³-hybridized carbons (Fsp3) is 0.500. The zero-order chi connectivity index (χ0) is 13.3. The molecule has 0 N–H and O–H groups in total. The third-order valence-corrected chi connectivity index (χ3v) is 2.51. The molecule has 0 aliphatic rings. The van der Waals surface area contributed by atoms with E-state index in [1.165, 1.54) is 11.1 Å². The second-order valence-electron chi connectivity index (χ2n) is 4.48. The average Bonchev–Trinajstić information content (AvgIpc) is 2.32. The number of hydrogen-bond acceptors (Lipinski definition) is 1. The number of hydrogen-bond donors (Lipinski definition) is 0. The van der Waals surface area contributed by atoms with Gasteiger partial charge in [0.1, 0.15) is 0 Å². The van der Waals surface area contributed by atoms with Gasteiger partial charge < -0.3 is 4.74 Å². The van der Waals surface area contributed by atoms with Crippen LogP contribution in [-0.2, 0) is 4.74 Å². The van der Waals surface area contributed by atoms with E-state index in [0.717, 1.165) is 6.42 Å². The average molecular weight is 234 g/mol. The van der Waals surface area contributed by atoms with Crippen LogP contribution in [0.1, 0.15) is 45.2 Å². The minimum absolute atomic E-state index is 0.0691. The van der Waals surface area contributed by atoms with Crippen LogP contribution in [0, 0.1) is 6.92 Å². The Morgan fingerprint density at radius 3 is 2.41 bits per heavy atom. The summed E-state index contributed by atoms with van der Waals surface area (Å²) in [6, 6.07) is 8.48. The summed E-state index contributed by atoms with van der Waals surface area (Å²) in [5, 5.41) is 0. The zero-order valence-corrected chi connectivity index (χ0v) is 12.1. The number of aryl methyl sites for hydroxylation is 1. The molecule has 0 amide bonds. The van der Waals surface area contributed by atoms with E-state index >= 15 is 0 Å². The molecule has 0 saturated carbocycles. The minimum Gasteiger partial charge on any atom is -0.378 e. The third kappa shape index (κ3) is 6.96. The molecule has 0 spiro atoms. The summed E-state index contributed by atoms with van der Waals surface area (Å²) in [5.41, 5.74) is 2.48. The highest BCUT2D eigenvalue weighted by molar-refractivity contribution is 5.50. The van der Waals surface area contributed by atoms with Crippen LogP contribution in [-0.4, -0.2) is 12.7 Å². The van der Waals surface area contributed by atoms with Crippen molar-refractivity contribution in [2.24, 2.45) is 0 Å². The van der Waals surface area contributed by atoms with Crippen molar-refractivity contribution in [3.63, 3.8) is 0 Å². The fourth-order valence-corrected chi connectivity index (χ4v) is 1.34. The highest BCUT2D eigenvalue weighted by Crippen LogP contribution is 2.15. The molecule has 1 aromatic rings. The summed E-state index contributed by atoms with van der Waals surface area (Å²) in [5.74, 6) is 0. The molecule has 0 aliphatic carbocycles. The van der Waals surface area contributed by atoms with E-state index in [9.17, 15) is 0 Å². The van der Waals surface area contributed by atoms with Gasteiger partial charge in [0.25, 0.3) is 0 Å². The molecule has 17 heavy (non-hydrogen) atoms. The van der Waals surface area contributed by atoms with Crippen molar-refractivity contribution in [2.75, 3.05) is 7.11 Å². The van der Waals surface area contributed by atoms with Gasteiger partial charge in [0.05, 0.1) is 5.60 Å². The van der Waals surface area contributed by atoms with Crippen LogP contribution in [0.25, 0.3) is 6.08 Å². The van der Waals surface area contributed by atoms with Gasteiger partial charge >= 0.3 is 0 Å². The molecule has 1 aromatic carbocycles. The second kappa shape index (κ2) is 8.08.